The smallest absolute Gasteiger partial charge is 0.239 e. The molecule has 0 radical (unpaired) electrons. The molecule has 1 aromatic carbocycles. The molecule has 3 nitrogen and oxygen atoms in total. The van der Waals surface area contributed by atoms with E-state index < -0.39 is 6.04 Å². The predicted octanol–water partition coefficient (Wildman–Crippen LogP) is 2.21. The number of thioether (sulfide) groups is 1. The van der Waals surface area contributed by atoms with Crippen LogP contribution in [0.1, 0.15) is 17.5 Å². The molecule has 1 atom stereocenters. The second-order valence-corrected chi connectivity index (χ2v) is 5.80. The second kappa shape index (κ2) is 7.86. The van der Waals surface area contributed by atoms with Gasteiger partial charge < -0.3 is 10.6 Å². The molecule has 1 amide bonds. The van der Waals surface area contributed by atoms with Gasteiger partial charge in [-0.05, 0) is 48.1 Å². The van der Waals surface area contributed by atoms with Gasteiger partial charge in [-0.1, -0.05) is 6.07 Å². The lowest BCUT2D eigenvalue weighted by atomic mass is 9.99. The lowest BCUT2D eigenvalue weighted by Gasteiger charge is -2.30. The monoisotopic (exact) mass is 318 g/mol. The maximum atomic E-state index is 13.1. The largest absolute Gasteiger partial charge is 0.337 e. The number of rotatable bonds is 4. The van der Waals surface area contributed by atoms with Crippen LogP contribution in [-0.2, 0) is 17.8 Å². The first-order valence-corrected chi connectivity index (χ1v) is 7.82. The molecule has 0 aliphatic carbocycles. The molecule has 1 aliphatic heterocycles. The third-order valence-corrected chi connectivity index (χ3v) is 4.09. The molecule has 1 aromatic rings. The Hall–Kier alpha value is -0.780. The number of nitrogens with zero attached hydrogens (tertiary/aromatic N) is 1. The SMILES string of the molecule is CSCCC(N)C(=O)N1CCc2cc(F)ccc2C1.Cl. The van der Waals surface area contributed by atoms with Crippen molar-refractivity contribution in [3.63, 3.8) is 0 Å². The van der Waals surface area contributed by atoms with Crippen LogP contribution in [0.4, 0.5) is 4.39 Å². The van der Waals surface area contributed by atoms with Crippen molar-refractivity contribution in [2.45, 2.75) is 25.4 Å². The number of amides is 1. The van der Waals surface area contributed by atoms with Gasteiger partial charge in [0.25, 0.3) is 0 Å². The summed E-state index contributed by atoms with van der Waals surface area (Å²) in [6.45, 7) is 1.17. The van der Waals surface area contributed by atoms with Gasteiger partial charge in [0.1, 0.15) is 5.82 Å². The van der Waals surface area contributed by atoms with Crippen molar-refractivity contribution in [1.29, 1.82) is 0 Å². The van der Waals surface area contributed by atoms with Gasteiger partial charge in [-0.25, -0.2) is 4.39 Å². The molecule has 1 heterocycles. The number of nitrogens with two attached hydrogens (primary N) is 1. The van der Waals surface area contributed by atoms with Crippen LogP contribution in [0, 0.1) is 5.82 Å². The Labute approximate surface area is 129 Å². The van der Waals surface area contributed by atoms with E-state index in [1.165, 1.54) is 6.07 Å². The summed E-state index contributed by atoms with van der Waals surface area (Å²) in [6, 6.07) is 4.34. The van der Waals surface area contributed by atoms with Gasteiger partial charge in [-0.3, -0.25) is 4.79 Å². The fraction of sp³-hybridized carbons (Fsp3) is 0.500. The number of benzene rings is 1. The van der Waals surface area contributed by atoms with E-state index in [0.717, 1.165) is 16.9 Å². The van der Waals surface area contributed by atoms with Crippen molar-refractivity contribution in [2.24, 2.45) is 5.73 Å². The highest BCUT2D eigenvalue weighted by molar-refractivity contribution is 7.98. The molecule has 112 valence electrons. The van der Waals surface area contributed by atoms with Crippen LogP contribution in [0.15, 0.2) is 18.2 Å². The Morgan fingerprint density at radius 3 is 2.95 bits per heavy atom. The fourth-order valence-corrected chi connectivity index (χ4v) is 2.80. The Bertz CT molecular complexity index is 472. The van der Waals surface area contributed by atoms with Crippen molar-refractivity contribution in [2.75, 3.05) is 18.6 Å². The van der Waals surface area contributed by atoms with Crippen LogP contribution in [0.2, 0.25) is 0 Å². The lowest BCUT2D eigenvalue weighted by Crippen LogP contribution is -2.46. The molecule has 0 bridgehead atoms. The van der Waals surface area contributed by atoms with Crippen LogP contribution in [-0.4, -0.2) is 35.4 Å². The molecule has 1 aliphatic rings. The number of halogens is 2. The van der Waals surface area contributed by atoms with Gasteiger partial charge in [-0.15, -0.1) is 12.4 Å². The van der Waals surface area contributed by atoms with Crippen LogP contribution in [0.5, 0.6) is 0 Å². The summed E-state index contributed by atoms with van der Waals surface area (Å²) >= 11 is 1.69. The standard InChI is InChI=1S/C14H19FN2OS.ClH/c1-19-7-5-13(16)14(18)17-6-4-10-8-12(15)3-2-11(10)9-17;/h2-3,8,13H,4-7,9,16H2,1H3;1H. The number of hydrogen-bond acceptors (Lipinski definition) is 3. The molecule has 0 saturated carbocycles. The van der Waals surface area contributed by atoms with Crippen LogP contribution >= 0.6 is 24.2 Å². The van der Waals surface area contributed by atoms with Gasteiger partial charge in [0, 0.05) is 13.1 Å². The van der Waals surface area contributed by atoms with Crippen molar-refractivity contribution >= 4 is 30.1 Å². The van der Waals surface area contributed by atoms with E-state index in [1.807, 2.05) is 6.26 Å². The summed E-state index contributed by atoms with van der Waals surface area (Å²) < 4.78 is 13.1. The lowest BCUT2D eigenvalue weighted by molar-refractivity contribution is -0.133. The molecule has 2 N–H and O–H groups in total. The first kappa shape index (κ1) is 17.3. The third kappa shape index (κ3) is 4.11. The zero-order chi connectivity index (χ0) is 13.8. The normalized spacial score (nSPS) is 15.2. The molecule has 1 unspecified atom stereocenters. The average molecular weight is 319 g/mol. The summed E-state index contributed by atoms with van der Waals surface area (Å²) in [5.74, 6) is 0.682. The zero-order valence-electron chi connectivity index (χ0n) is 11.5. The van der Waals surface area contributed by atoms with Crippen LogP contribution in [0.3, 0.4) is 0 Å². The van der Waals surface area contributed by atoms with Crippen LogP contribution in [0.25, 0.3) is 0 Å². The van der Waals surface area contributed by atoms with Gasteiger partial charge in [-0.2, -0.15) is 11.8 Å². The summed E-state index contributed by atoms with van der Waals surface area (Å²) in [5.41, 5.74) is 7.94. The van der Waals surface area contributed by atoms with E-state index in [4.69, 9.17) is 5.73 Å². The van der Waals surface area contributed by atoms with E-state index in [1.54, 1.807) is 28.8 Å². The molecule has 6 heteroatoms. The second-order valence-electron chi connectivity index (χ2n) is 4.81. The summed E-state index contributed by atoms with van der Waals surface area (Å²) in [6.07, 6.45) is 3.41. The molecule has 0 saturated heterocycles. The van der Waals surface area contributed by atoms with Gasteiger partial charge in [0.05, 0.1) is 6.04 Å². The average Bonchev–Trinajstić information content (AvgIpc) is 2.43. The number of carbonyl (C=O) groups excluding carboxylic acids is 1. The van der Waals surface area contributed by atoms with E-state index >= 15 is 0 Å². The Balaban J connectivity index is 0.00000200. The fourth-order valence-electron chi connectivity index (χ4n) is 2.31. The highest BCUT2D eigenvalue weighted by atomic mass is 35.5. The number of carbonyl (C=O) groups is 1. The minimum absolute atomic E-state index is 0. The highest BCUT2D eigenvalue weighted by Gasteiger charge is 2.24. The molecule has 0 fully saturated rings. The van der Waals surface area contributed by atoms with E-state index in [0.29, 0.717) is 25.9 Å². The van der Waals surface area contributed by atoms with E-state index in [2.05, 4.69) is 0 Å². The maximum absolute atomic E-state index is 13.1. The number of hydrogen-bond donors (Lipinski definition) is 1. The third-order valence-electron chi connectivity index (χ3n) is 3.44. The summed E-state index contributed by atoms with van der Waals surface area (Å²) in [4.78, 5) is 14.0. The Kier molecular flexibility index (Phi) is 6.79. The highest BCUT2D eigenvalue weighted by Crippen LogP contribution is 2.20. The zero-order valence-corrected chi connectivity index (χ0v) is 13.1. The minimum atomic E-state index is -0.422. The molecule has 20 heavy (non-hydrogen) atoms. The van der Waals surface area contributed by atoms with E-state index in [-0.39, 0.29) is 24.1 Å². The van der Waals surface area contributed by atoms with E-state index in [9.17, 15) is 9.18 Å². The first-order valence-electron chi connectivity index (χ1n) is 6.42. The first-order chi connectivity index (χ1) is 9.11. The molecule has 0 aromatic heterocycles. The summed E-state index contributed by atoms with van der Waals surface area (Å²) in [7, 11) is 0. The topological polar surface area (TPSA) is 46.3 Å². The molecular weight excluding hydrogens is 299 g/mol. The molecular formula is C14H20ClFN2OS. The van der Waals surface area contributed by atoms with Crippen molar-refractivity contribution in [3.8, 4) is 0 Å². The van der Waals surface area contributed by atoms with Gasteiger partial charge in [0.15, 0.2) is 0 Å². The van der Waals surface area contributed by atoms with Crippen molar-refractivity contribution in [3.05, 3.63) is 35.1 Å². The van der Waals surface area contributed by atoms with Crippen molar-refractivity contribution < 1.29 is 9.18 Å². The number of fused-ring (bicyclic) bond motifs is 1. The predicted molar refractivity (Wildman–Crippen MR) is 83.7 cm³/mol. The van der Waals surface area contributed by atoms with Crippen molar-refractivity contribution in [1.82, 2.24) is 4.90 Å². The molecule has 0 spiro atoms. The maximum Gasteiger partial charge on any atom is 0.239 e. The Morgan fingerprint density at radius 2 is 2.25 bits per heavy atom. The Morgan fingerprint density at radius 1 is 1.50 bits per heavy atom. The van der Waals surface area contributed by atoms with Gasteiger partial charge >= 0.3 is 0 Å². The van der Waals surface area contributed by atoms with Gasteiger partial charge in [0.2, 0.25) is 5.91 Å². The summed E-state index contributed by atoms with van der Waals surface area (Å²) in [5, 5.41) is 0. The molecule has 2 rings (SSSR count). The quantitative estimate of drug-likeness (QED) is 0.926. The van der Waals surface area contributed by atoms with Crippen LogP contribution < -0.4 is 5.73 Å². The minimum Gasteiger partial charge on any atom is -0.337 e.